The molecule has 3 nitrogen and oxygen atoms in total. The monoisotopic (exact) mass is 340 g/mol. The maximum absolute atomic E-state index is 5.48. The van der Waals surface area contributed by atoms with E-state index in [2.05, 4.69) is 44.5 Å². The van der Waals surface area contributed by atoms with E-state index in [1.165, 1.54) is 5.52 Å². The van der Waals surface area contributed by atoms with Crippen molar-refractivity contribution in [3.8, 4) is 0 Å². The van der Waals surface area contributed by atoms with Crippen molar-refractivity contribution in [1.29, 1.82) is 0 Å². The highest BCUT2D eigenvalue weighted by Gasteiger charge is 2.28. The predicted molar refractivity (Wildman–Crippen MR) is 83.0 cm³/mol. The lowest BCUT2D eigenvalue weighted by molar-refractivity contribution is 0.0158. The van der Waals surface area contributed by atoms with Gasteiger partial charge in [0, 0.05) is 24.2 Å². The van der Waals surface area contributed by atoms with Gasteiger partial charge < -0.3 is 14.3 Å². The first-order chi connectivity index (χ1) is 9.07. The minimum absolute atomic E-state index is 0.272. The van der Waals surface area contributed by atoms with Crippen LogP contribution < -0.4 is 0 Å². The number of rotatable bonds is 2. The molecule has 2 aromatic rings. The van der Waals surface area contributed by atoms with E-state index in [1.54, 1.807) is 0 Å². The summed E-state index contributed by atoms with van der Waals surface area (Å²) >= 11 is 9.01. The molecule has 0 saturated carbocycles. The first-order valence-electron chi connectivity index (χ1n) is 6.53. The molecule has 0 unspecified atom stereocenters. The lowest BCUT2D eigenvalue weighted by atomic mass is 9.82. The fourth-order valence-electron chi connectivity index (χ4n) is 2.69. The second-order valence-electron chi connectivity index (χ2n) is 5.60. The number of benzene rings is 1. The normalized spacial score (nSPS) is 18.8. The van der Waals surface area contributed by atoms with Gasteiger partial charge in [0.05, 0.1) is 11.0 Å². The van der Waals surface area contributed by atoms with Gasteiger partial charge in [-0.15, -0.1) is 0 Å². The molecular formula is C14H17BrN2OS. The Bertz CT molecular complexity index is 655. The van der Waals surface area contributed by atoms with E-state index in [4.69, 9.17) is 17.0 Å². The van der Waals surface area contributed by atoms with Gasteiger partial charge in [-0.3, -0.25) is 0 Å². The molecule has 5 heteroatoms. The topological polar surface area (TPSA) is 29.9 Å². The Balaban J connectivity index is 2.02. The Morgan fingerprint density at radius 3 is 2.89 bits per heavy atom. The molecule has 19 heavy (non-hydrogen) atoms. The number of aromatic nitrogens is 2. The Kier molecular flexibility index (Phi) is 3.53. The van der Waals surface area contributed by atoms with E-state index >= 15 is 0 Å². The number of imidazole rings is 1. The molecule has 1 fully saturated rings. The lowest BCUT2D eigenvalue weighted by Gasteiger charge is -2.33. The molecule has 0 aliphatic carbocycles. The second kappa shape index (κ2) is 5.04. The van der Waals surface area contributed by atoms with Gasteiger partial charge in [0.15, 0.2) is 4.77 Å². The average molecular weight is 341 g/mol. The summed E-state index contributed by atoms with van der Waals surface area (Å²) in [5.41, 5.74) is 2.55. The van der Waals surface area contributed by atoms with Crippen molar-refractivity contribution >= 4 is 39.2 Å². The van der Waals surface area contributed by atoms with Crippen molar-refractivity contribution in [3.05, 3.63) is 27.4 Å². The van der Waals surface area contributed by atoms with Crippen LogP contribution in [0.2, 0.25) is 0 Å². The largest absolute Gasteiger partial charge is 0.381 e. The molecule has 2 heterocycles. The highest BCUT2D eigenvalue weighted by molar-refractivity contribution is 9.10. The smallest absolute Gasteiger partial charge is 0.178 e. The number of fused-ring (bicyclic) bond motifs is 1. The molecule has 0 bridgehead atoms. The SMILES string of the molecule is CC1(Cn2c(=S)[nH]c3ccc(Br)cc32)CCOCC1. The third-order valence-corrected chi connectivity index (χ3v) is 4.79. The van der Waals surface area contributed by atoms with Gasteiger partial charge in [-0.25, -0.2) is 0 Å². The van der Waals surface area contributed by atoms with Crippen molar-refractivity contribution in [3.63, 3.8) is 0 Å². The number of hydrogen-bond donors (Lipinski definition) is 1. The summed E-state index contributed by atoms with van der Waals surface area (Å²) in [7, 11) is 0. The van der Waals surface area contributed by atoms with Crippen molar-refractivity contribution in [2.45, 2.75) is 26.3 Å². The molecule has 0 amide bonds. The summed E-state index contributed by atoms with van der Waals surface area (Å²) in [5.74, 6) is 0. The van der Waals surface area contributed by atoms with E-state index in [9.17, 15) is 0 Å². The standard InChI is InChI=1S/C14H17BrN2OS/c1-14(4-6-18-7-5-14)9-17-12-8-10(15)2-3-11(12)16-13(17)19/h2-3,8H,4-7,9H2,1H3,(H,16,19). The van der Waals surface area contributed by atoms with Crippen LogP contribution in [0.4, 0.5) is 0 Å². The summed E-state index contributed by atoms with van der Waals surface area (Å²) < 4.78 is 9.58. The van der Waals surface area contributed by atoms with E-state index in [0.717, 1.165) is 47.4 Å². The molecule has 0 spiro atoms. The van der Waals surface area contributed by atoms with Gasteiger partial charge in [0.1, 0.15) is 0 Å². The van der Waals surface area contributed by atoms with Gasteiger partial charge >= 0.3 is 0 Å². The average Bonchev–Trinajstić information content (AvgIpc) is 2.67. The molecule has 0 radical (unpaired) electrons. The fraction of sp³-hybridized carbons (Fsp3) is 0.500. The van der Waals surface area contributed by atoms with Crippen molar-refractivity contribution in [2.75, 3.05) is 13.2 Å². The maximum atomic E-state index is 5.48. The number of halogens is 1. The molecule has 1 aromatic heterocycles. The number of aromatic amines is 1. The van der Waals surface area contributed by atoms with E-state index in [-0.39, 0.29) is 5.41 Å². The van der Waals surface area contributed by atoms with Gasteiger partial charge in [0.25, 0.3) is 0 Å². The highest BCUT2D eigenvalue weighted by Crippen LogP contribution is 2.33. The number of H-pyrrole nitrogens is 1. The van der Waals surface area contributed by atoms with Crippen LogP contribution in [0, 0.1) is 10.2 Å². The molecule has 1 aromatic carbocycles. The number of ether oxygens (including phenoxy) is 1. The van der Waals surface area contributed by atoms with Crippen LogP contribution in [0.5, 0.6) is 0 Å². The lowest BCUT2D eigenvalue weighted by Crippen LogP contribution is -2.31. The van der Waals surface area contributed by atoms with Crippen molar-refractivity contribution < 1.29 is 4.74 Å². The Morgan fingerprint density at radius 1 is 1.42 bits per heavy atom. The third kappa shape index (κ3) is 2.64. The Morgan fingerprint density at radius 2 is 2.16 bits per heavy atom. The maximum Gasteiger partial charge on any atom is 0.178 e. The number of nitrogens with one attached hydrogen (secondary N) is 1. The Labute approximate surface area is 126 Å². The van der Waals surface area contributed by atoms with Crippen LogP contribution in [0.15, 0.2) is 22.7 Å². The van der Waals surface area contributed by atoms with Crippen molar-refractivity contribution in [1.82, 2.24) is 9.55 Å². The van der Waals surface area contributed by atoms with Crippen LogP contribution in [-0.4, -0.2) is 22.8 Å². The van der Waals surface area contributed by atoms with Gasteiger partial charge in [-0.05, 0) is 48.7 Å². The minimum atomic E-state index is 0.272. The molecule has 1 aliphatic rings. The van der Waals surface area contributed by atoms with Gasteiger partial charge in [-0.2, -0.15) is 0 Å². The quantitative estimate of drug-likeness (QED) is 0.827. The molecule has 1 aliphatic heterocycles. The van der Waals surface area contributed by atoms with Crippen LogP contribution in [0.25, 0.3) is 11.0 Å². The van der Waals surface area contributed by atoms with E-state index < -0.39 is 0 Å². The number of nitrogens with zero attached hydrogens (tertiary/aromatic N) is 1. The molecule has 3 rings (SSSR count). The molecule has 102 valence electrons. The summed E-state index contributed by atoms with van der Waals surface area (Å²) in [6, 6.07) is 6.23. The summed E-state index contributed by atoms with van der Waals surface area (Å²) in [5, 5.41) is 0. The summed E-state index contributed by atoms with van der Waals surface area (Å²) in [4.78, 5) is 3.29. The van der Waals surface area contributed by atoms with E-state index in [0.29, 0.717) is 0 Å². The number of hydrogen-bond acceptors (Lipinski definition) is 2. The minimum Gasteiger partial charge on any atom is -0.381 e. The zero-order valence-electron chi connectivity index (χ0n) is 10.9. The van der Waals surface area contributed by atoms with Crippen molar-refractivity contribution in [2.24, 2.45) is 5.41 Å². The first kappa shape index (κ1) is 13.3. The van der Waals surface area contributed by atoms with E-state index in [1.807, 2.05) is 6.07 Å². The molecule has 1 saturated heterocycles. The zero-order chi connectivity index (χ0) is 13.5. The molecular weight excluding hydrogens is 324 g/mol. The zero-order valence-corrected chi connectivity index (χ0v) is 13.3. The van der Waals surface area contributed by atoms with Crippen LogP contribution >= 0.6 is 28.1 Å². The second-order valence-corrected chi connectivity index (χ2v) is 6.90. The van der Waals surface area contributed by atoms with Crippen LogP contribution in [-0.2, 0) is 11.3 Å². The highest BCUT2D eigenvalue weighted by atomic mass is 79.9. The van der Waals surface area contributed by atoms with Crippen LogP contribution in [0.1, 0.15) is 19.8 Å². The van der Waals surface area contributed by atoms with Gasteiger partial charge in [-0.1, -0.05) is 22.9 Å². The summed E-state index contributed by atoms with van der Waals surface area (Å²) in [6.45, 7) is 4.99. The third-order valence-electron chi connectivity index (χ3n) is 3.98. The fourth-order valence-corrected chi connectivity index (χ4v) is 3.31. The molecule has 0 atom stereocenters. The summed E-state index contributed by atoms with van der Waals surface area (Å²) in [6.07, 6.45) is 2.19. The Hall–Kier alpha value is -0.650. The predicted octanol–water partition coefficient (Wildman–Crippen LogP) is 4.28. The first-order valence-corrected chi connectivity index (χ1v) is 7.73. The van der Waals surface area contributed by atoms with Gasteiger partial charge in [0.2, 0.25) is 0 Å². The molecule has 1 N–H and O–H groups in total. The van der Waals surface area contributed by atoms with Crippen LogP contribution in [0.3, 0.4) is 0 Å².